The van der Waals surface area contributed by atoms with E-state index in [-0.39, 0.29) is 27.3 Å². The van der Waals surface area contributed by atoms with Gasteiger partial charge in [0.25, 0.3) is 0 Å². The van der Waals surface area contributed by atoms with Crippen molar-refractivity contribution in [3.05, 3.63) is 0 Å². The molecule has 0 aromatic heterocycles. The Morgan fingerprint density at radius 2 is 1.00 bits per heavy atom. The zero-order valence-corrected chi connectivity index (χ0v) is 9.49. The van der Waals surface area contributed by atoms with Gasteiger partial charge in [0.15, 0.2) is 0 Å². The maximum atomic E-state index is 8.58. The summed E-state index contributed by atoms with van der Waals surface area (Å²) in [4.78, 5) is 0. The molecule has 28 valence electrons. The van der Waals surface area contributed by atoms with Gasteiger partial charge >= 0.3 is 55.1 Å². The Bertz CT molecular complexity index is 76.3. The molecule has 0 atom stereocenters. The monoisotopic (exact) mass is 306 g/mol. The number of hydrogen-bond donors (Lipinski definition) is 0. The summed E-state index contributed by atoms with van der Waals surface area (Å²) in [6, 6.07) is 0. The summed E-state index contributed by atoms with van der Waals surface area (Å²) in [5.41, 5.74) is 0. The summed E-state index contributed by atoms with van der Waals surface area (Å²) < 4.78 is 25.8. The van der Waals surface area contributed by atoms with Crippen LogP contribution in [-0.2, 0) is 27.8 Å². The molecule has 0 saturated carbocycles. The first-order valence-electron chi connectivity index (χ1n) is 0.612. The normalized spacial score (nSPS) is 3.00. The maximum absolute atomic E-state index is 8.58. The molecule has 0 saturated heterocycles. The van der Waals surface area contributed by atoms with Gasteiger partial charge in [-0.25, -0.2) is 0 Å². The Morgan fingerprint density at radius 1 is 1.00 bits per heavy atom. The van der Waals surface area contributed by atoms with Gasteiger partial charge in [0.2, 0.25) is 0 Å². The molecule has 0 amide bonds. The Labute approximate surface area is 54.7 Å². The Kier molecular flexibility index (Phi) is 9.47. The van der Waals surface area contributed by atoms with Crippen molar-refractivity contribution >= 4 is 27.3 Å². The van der Waals surface area contributed by atoms with E-state index in [1.54, 1.807) is 0 Å². The van der Waals surface area contributed by atoms with Gasteiger partial charge in [0.05, 0.1) is 0 Å². The van der Waals surface area contributed by atoms with Gasteiger partial charge in [-0.05, 0) is 0 Å². The molecule has 5 heteroatoms. The third kappa shape index (κ3) is 43.2. The Morgan fingerprint density at radius 3 is 1.00 bits per heavy atom. The fourth-order valence-electron chi connectivity index (χ4n) is 0. The average molecular weight is 305 g/mol. The molecule has 0 aliphatic carbocycles. The average Bonchev–Trinajstić information content (AvgIpc) is 0.811. The fraction of sp³-hybridized carbons (Fsp3) is 0. The van der Waals surface area contributed by atoms with Gasteiger partial charge in [0.1, 0.15) is 0 Å². The van der Waals surface area contributed by atoms with E-state index < -0.39 is 17.8 Å². The summed E-state index contributed by atoms with van der Waals surface area (Å²) in [6.45, 7) is 0. The van der Waals surface area contributed by atoms with Crippen molar-refractivity contribution in [3.63, 3.8) is 0 Å². The van der Waals surface area contributed by atoms with Gasteiger partial charge in [-0.2, -0.15) is 0 Å². The van der Waals surface area contributed by atoms with Crippen molar-refractivity contribution in [1.29, 1.82) is 0 Å². The van der Waals surface area contributed by atoms with E-state index >= 15 is 0 Å². The molecule has 0 aliphatic heterocycles. The van der Waals surface area contributed by atoms with Gasteiger partial charge < -0.3 is 0 Å². The molecule has 0 aromatic carbocycles. The van der Waals surface area contributed by atoms with Crippen molar-refractivity contribution in [3.8, 4) is 0 Å². The van der Waals surface area contributed by atoms with Crippen molar-refractivity contribution < 1.29 is 27.8 Å². The molecule has 2 radical (unpaired) electrons. The first-order valence-corrected chi connectivity index (χ1v) is 2.52. The summed E-state index contributed by atoms with van der Waals surface area (Å²) >= 11 is -4.08. The zero-order valence-electron chi connectivity index (χ0n) is 2.43. The molecular weight excluding hydrogens is 303 g/mol. The Hall–Kier alpha value is 1.04. The van der Waals surface area contributed by atoms with E-state index in [1.165, 1.54) is 0 Å². The Balaban J connectivity index is 0. The number of hydrogen-bond acceptors (Lipinski definition) is 3. The van der Waals surface area contributed by atoms with Crippen LogP contribution >= 0.6 is 0 Å². The fourth-order valence-corrected chi connectivity index (χ4v) is 0. The molecule has 0 fully saturated rings. The molecule has 0 bridgehead atoms. The van der Waals surface area contributed by atoms with Crippen LogP contribution in [0.15, 0.2) is 0 Å². The first kappa shape index (κ1) is 9.40. The van der Waals surface area contributed by atoms with Crippen LogP contribution in [0.3, 0.4) is 0 Å². The second-order valence-electron chi connectivity index (χ2n) is 0.250. The molecule has 0 aliphatic rings. The van der Waals surface area contributed by atoms with Crippen LogP contribution in [0.5, 0.6) is 0 Å². The third-order valence-electron chi connectivity index (χ3n) is 0. The van der Waals surface area contributed by atoms with Gasteiger partial charge in [-0.15, -0.1) is 0 Å². The summed E-state index contributed by atoms with van der Waals surface area (Å²) in [5.74, 6) is 0. The van der Waals surface area contributed by atoms with E-state index in [0.29, 0.717) is 0 Å². The van der Waals surface area contributed by atoms with Crippen LogP contribution < -0.4 is 0 Å². The van der Waals surface area contributed by atoms with Crippen molar-refractivity contribution in [1.82, 2.24) is 0 Å². The van der Waals surface area contributed by atoms with Crippen LogP contribution in [0, 0.1) is 0 Å². The first-order chi connectivity index (χ1) is 1.73. The topological polar surface area (TPSA) is 51.2 Å². The third-order valence-corrected chi connectivity index (χ3v) is 0. The molecule has 3 nitrogen and oxygen atoms in total. The predicted octanol–water partition coefficient (Wildman–Crippen LogP) is -1.28. The van der Waals surface area contributed by atoms with E-state index in [2.05, 4.69) is 0 Å². The number of rotatable bonds is 0. The SMILES string of the molecule is [O]=[Ti](=[O])=[O].[PbH2]. The molecule has 0 spiro atoms. The molecular formula is H2O3PbTi. The van der Waals surface area contributed by atoms with Crippen LogP contribution in [0.25, 0.3) is 0 Å². The van der Waals surface area contributed by atoms with Crippen molar-refractivity contribution in [2.75, 3.05) is 0 Å². The van der Waals surface area contributed by atoms with E-state index in [4.69, 9.17) is 9.97 Å². The van der Waals surface area contributed by atoms with Crippen LogP contribution in [-0.4, -0.2) is 27.3 Å². The van der Waals surface area contributed by atoms with Crippen LogP contribution in [0.2, 0.25) is 0 Å². The van der Waals surface area contributed by atoms with E-state index in [0.717, 1.165) is 0 Å². The van der Waals surface area contributed by atoms with Crippen LogP contribution in [0.4, 0.5) is 0 Å². The molecule has 0 rings (SSSR count). The second-order valence-corrected chi connectivity index (χ2v) is 1.03. The van der Waals surface area contributed by atoms with E-state index in [1.807, 2.05) is 0 Å². The summed E-state index contributed by atoms with van der Waals surface area (Å²) in [6.07, 6.45) is 0. The van der Waals surface area contributed by atoms with Gasteiger partial charge in [-0.1, -0.05) is 0 Å². The second kappa shape index (κ2) is 5.04. The summed E-state index contributed by atoms with van der Waals surface area (Å²) in [7, 11) is 0. The minimum atomic E-state index is -4.08. The van der Waals surface area contributed by atoms with Gasteiger partial charge in [-0.3, -0.25) is 0 Å². The van der Waals surface area contributed by atoms with Crippen molar-refractivity contribution in [2.45, 2.75) is 0 Å². The minimum absolute atomic E-state index is 0. The summed E-state index contributed by atoms with van der Waals surface area (Å²) in [5, 5.41) is 0. The van der Waals surface area contributed by atoms with Crippen LogP contribution in [0.1, 0.15) is 0 Å². The van der Waals surface area contributed by atoms with Gasteiger partial charge in [0, 0.05) is 0 Å². The molecule has 0 aromatic rings. The van der Waals surface area contributed by atoms with Crippen molar-refractivity contribution in [2.24, 2.45) is 0 Å². The quantitative estimate of drug-likeness (QED) is 0.524. The predicted molar refractivity (Wildman–Crippen MR) is 10.6 cm³/mol. The molecule has 0 heterocycles. The standard InChI is InChI=1S/3O.Pb.Ti.2H. The van der Waals surface area contributed by atoms with E-state index in [9.17, 15) is 0 Å². The molecule has 0 N–H and O–H groups in total. The molecule has 0 unspecified atom stereocenters. The zero-order chi connectivity index (χ0) is 3.58. The molecule has 5 heavy (non-hydrogen) atoms.